The largest absolute Gasteiger partial charge is 0.481 e. The number of aliphatic hydroxyl groups is 1. The van der Waals surface area contributed by atoms with Gasteiger partial charge in [-0.15, -0.1) is 0 Å². The average Bonchev–Trinajstić information content (AvgIpc) is 1.63. The first-order valence-electron chi connectivity index (χ1n) is 2.47. The van der Waals surface area contributed by atoms with Gasteiger partial charge in [-0.05, 0) is 6.92 Å². The number of hydrogen-bond donors (Lipinski definition) is 2. The summed E-state index contributed by atoms with van der Waals surface area (Å²) in [6, 6.07) is 0. The van der Waals surface area contributed by atoms with Crippen molar-refractivity contribution < 1.29 is 19.7 Å². The van der Waals surface area contributed by atoms with Gasteiger partial charge in [0.15, 0.2) is 5.79 Å². The number of carboxylic acid groups (broad SMARTS) is 1. The van der Waals surface area contributed by atoms with Crippen LogP contribution >= 0.6 is 0 Å². The zero-order chi connectivity index (χ0) is 7.49. The zero-order valence-corrected chi connectivity index (χ0v) is 5.42. The Labute approximate surface area is 53.1 Å². The summed E-state index contributed by atoms with van der Waals surface area (Å²) in [5.74, 6) is -2.62. The molecule has 0 spiro atoms. The Morgan fingerprint density at radius 2 is 2.22 bits per heavy atom. The molecule has 0 amide bonds. The molecule has 1 unspecified atom stereocenters. The maximum atomic E-state index is 9.93. The lowest BCUT2D eigenvalue weighted by Gasteiger charge is -2.17. The van der Waals surface area contributed by atoms with Gasteiger partial charge in [-0.2, -0.15) is 0 Å². The van der Waals surface area contributed by atoms with Crippen LogP contribution in [0.2, 0.25) is 0 Å². The first-order chi connectivity index (χ1) is 3.98. The van der Waals surface area contributed by atoms with Crippen molar-refractivity contribution in [3.05, 3.63) is 0 Å². The van der Waals surface area contributed by atoms with Gasteiger partial charge in [0, 0.05) is 7.11 Å². The predicted molar refractivity (Wildman–Crippen MR) is 29.9 cm³/mol. The van der Waals surface area contributed by atoms with Crippen LogP contribution in [0.3, 0.4) is 0 Å². The van der Waals surface area contributed by atoms with E-state index >= 15 is 0 Å². The van der Waals surface area contributed by atoms with Gasteiger partial charge >= 0.3 is 5.97 Å². The third-order valence-electron chi connectivity index (χ3n) is 0.919. The molecule has 0 radical (unpaired) electrons. The lowest BCUT2D eigenvalue weighted by Crippen LogP contribution is -2.29. The van der Waals surface area contributed by atoms with Crippen molar-refractivity contribution in [2.24, 2.45) is 0 Å². The van der Waals surface area contributed by atoms with Crippen LogP contribution < -0.4 is 0 Å². The third-order valence-corrected chi connectivity index (χ3v) is 0.919. The summed E-state index contributed by atoms with van der Waals surface area (Å²) in [7, 11) is 1.25. The van der Waals surface area contributed by atoms with Crippen LogP contribution in [0, 0.1) is 0 Å². The average molecular weight is 134 g/mol. The van der Waals surface area contributed by atoms with Gasteiger partial charge in [-0.3, -0.25) is 4.79 Å². The lowest BCUT2D eigenvalue weighted by atomic mass is 10.2. The highest BCUT2D eigenvalue weighted by atomic mass is 16.6. The van der Waals surface area contributed by atoms with Crippen LogP contribution in [0.15, 0.2) is 0 Å². The van der Waals surface area contributed by atoms with Gasteiger partial charge in [-0.25, -0.2) is 0 Å². The Morgan fingerprint density at radius 1 is 1.78 bits per heavy atom. The monoisotopic (exact) mass is 134 g/mol. The number of carbonyl (C=O) groups is 1. The summed E-state index contributed by atoms with van der Waals surface area (Å²) >= 11 is 0. The molecule has 0 aromatic rings. The SMILES string of the molecule is COC(C)(O)CC(=O)O. The summed E-state index contributed by atoms with van der Waals surface area (Å²) in [6.45, 7) is 1.29. The van der Waals surface area contributed by atoms with E-state index in [2.05, 4.69) is 4.74 Å². The molecule has 0 aromatic heterocycles. The molecule has 9 heavy (non-hydrogen) atoms. The van der Waals surface area contributed by atoms with Crippen molar-refractivity contribution in [2.75, 3.05) is 7.11 Å². The molecule has 54 valence electrons. The number of methoxy groups -OCH3 is 1. The van der Waals surface area contributed by atoms with Gasteiger partial charge in [0.05, 0.1) is 6.42 Å². The quantitative estimate of drug-likeness (QED) is 0.525. The van der Waals surface area contributed by atoms with E-state index in [1.54, 1.807) is 0 Å². The Hall–Kier alpha value is -0.610. The standard InChI is InChI=1S/C5H10O4/c1-5(8,9-2)3-4(6)7/h8H,3H2,1-2H3,(H,6,7). The van der Waals surface area contributed by atoms with E-state index < -0.39 is 18.2 Å². The van der Waals surface area contributed by atoms with Crippen molar-refractivity contribution in [3.63, 3.8) is 0 Å². The minimum atomic E-state index is -1.54. The van der Waals surface area contributed by atoms with Gasteiger partial charge in [0.1, 0.15) is 0 Å². The van der Waals surface area contributed by atoms with Crippen molar-refractivity contribution >= 4 is 5.97 Å². The van der Waals surface area contributed by atoms with E-state index in [9.17, 15) is 4.79 Å². The normalized spacial score (nSPS) is 16.8. The number of carboxylic acids is 1. The van der Waals surface area contributed by atoms with Crippen molar-refractivity contribution in [2.45, 2.75) is 19.1 Å². The van der Waals surface area contributed by atoms with Crippen LogP contribution in [-0.4, -0.2) is 29.1 Å². The second-order valence-electron chi connectivity index (χ2n) is 1.95. The summed E-state index contributed by atoms with van der Waals surface area (Å²) < 4.78 is 4.42. The smallest absolute Gasteiger partial charge is 0.308 e. The molecule has 0 saturated heterocycles. The van der Waals surface area contributed by atoms with Crippen molar-refractivity contribution in [1.29, 1.82) is 0 Å². The molecule has 0 aliphatic heterocycles. The second kappa shape index (κ2) is 2.80. The molecule has 0 aromatic carbocycles. The van der Waals surface area contributed by atoms with E-state index in [0.29, 0.717) is 0 Å². The van der Waals surface area contributed by atoms with E-state index in [0.717, 1.165) is 0 Å². The molecule has 4 nitrogen and oxygen atoms in total. The molecule has 0 aliphatic carbocycles. The third kappa shape index (κ3) is 3.93. The Morgan fingerprint density at radius 3 is 2.33 bits per heavy atom. The highest BCUT2D eigenvalue weighted by Crippen LogP contribution is 2.08. The topological polar surface area (TPSA) is 66.8 Å². The lowest BCUT2D eigenvalue weighted by molar-refractivity contribution is -0.186. The Kier molecular flexibility index (Phi) is 2.61. The molecule has 0 bridgehead atoms. The second-order valence-corrected chi connectivity index (χ2v) is 1.95. The van der Waals surface area contributed by atoms with E-state index in [-0.39, 0.29) is 0 Å². The van der Waals surface area contributed by atoms with E-state index in [4.69, 9.17) is 10.2 Å². The van der Waals surface area contributed by atoms with Crippen LogP contribution in [0.25, 0.3) is 0 Å². The van der Waals surface area contributed by atoms with Crippen molar-refractivity contribution in [1.82, 2.24) is 0 Å². The summed E-state index contributed by atoms with van der Waals surface area (Å²) in [5, 5.41) is 17.0. The minimum absolute atomic E-state index is 0.399. The Balaban J connectivity index is 3.71. The number of ether oxygens (including phenoxy) is 1. The summed E-state index contributed by atoms with van der Waals surface area (Å²) in [4.78, 5) is 9.93. The van der Waals surface area contributed by atoms with Gasteiger partial charge in [0.25, 0.3) is 0 Å². The molecular weight excluding hydrogens is 124 g/mol. The predicted octanol–water partition coefficient (Wildman–Crippen LogP) is -0.184. The van der Waals surface area contributed by atoms with Crippen LogP contribution in [0.4, 0.5) is 0 Å². The number of rotatable bonds is 3. The molecule has 1 atom stereocenters. The molecule has 2 N–H and O–H groups in total. The summed E-state index contributed by atoms with van der Waals surface area (Å²) in [5.41, 5.74) is 0. The molecule has 0 heterocycles. The Bertz CT molecular complexity index is 108. The first kappa shape index (κ1) is 8.39. The maximum Gasteiger partial charge on any atom is 0.308 e. The number of aliphatic carboxylic acids is 1. The molecule has 0 rings (SSSR count). The highest BCUT2D eigenvalue weighted by molar-refractivity contribution is 5.67. The summed E-state index contributed by atoms with van der Waals surface area (Å²) in [6.07, 6.45) is -0.399. The maximum absolute atomic E-state index is 9.93. The highest BCUT2D eigenvalue weighted by Gasteiger charge is 2.22. The first-order valence-corrected chi connectivity index (χ1v) is 2.47. The molecule has 4 heteroatoms. The fraction of sp³-hybridized carbons (Fsp3) is 0.800. The minimum Gasteiger partial charge on any atom is -0.481 e. The fourth-order valence-corrected chi connectivity index (χ4v) is 0.353. The molecular formula is C5H10O4. The van der Waals surface area contributed by atoms with Crippen LogP contribution in [-0.2, 0) is 9.53 Å². The molecule has 0 fully saturated rings. The molecule has 0 saturated carbocycles. The van der Waals surface area contributed by atoms with Crippen LogP contribution in [0.5, 0.6) is 0 Å². The van der Waals surface area contributed by atoms with Gasteiger partial charge in [-0.1, -0.05) is 0 Å². The van der Waals surface area contributed by atoms with Crippen molar-refractivity contribution in [3.8, 4) is 0 Å². The van der Waals surface area contributed by atoms with Gasteiger partial charge < -0.3 is 14.9 Å². The fourth-order valence-electron chi connectivity index (χ4n) is 0.353. The van der Waals surface area contributed by atoms with E-state index in [1.165, 1.54) is 14.0 Å². The van der Waals surface area contributed by atoms with Gasteiger partial charge in [0.2, 0.25) is 0 Å². The number of hydrogen-bond acceptors (Lipinski definition) is 3. The van der Waals surface area contributed by atoms with Crippen LogP contribution in [0.1, 0.15) is 13.3 Å². The van der Waals surface area contributed by atoms with E-state index in [1.807, 2.05) is 0 Å². The zero-order valence-electron chi connectivity index (χ0n) is 5.42. The molecule has 0 aliphatic rings.